The summed E-state index contributed by atoms with van der Waals surface area (Å²) in [6, 6.07) is 8.50. The quantitative estimate of drug-likeness (QED) is 0.119. The lowest BCUT2D eigenvalue weighted by Gasteiger charge is -2.58. The molecule has 10 aliphatic rings. The van der Waals surface area contributed by atoms with E-state index in [1.54, 1.807) is 24.6 Å². The zero-order valence-corrected chi connectivity index (χ0v) is 49.2. The molecule has 8 atom stereocenters. The molecule has 6 saturated heterocycles. The topological polar surface area (TPSA) is 204 Å². The number of cyclic esters (lactones) is 1. The molecule has 7 aliphatic heterocycles. The summed E-state index contributed by atoms with van der Waals surface area (Å²) < 4.78 is 40.4. The first-order chi connectivity index (χ1) is 40.0. The maximum absolute atomic E-state index is 15.7. The largest absolute Gasteiger partial charge is 0.464 e. The zero-order chi connectivity index (χ0) is 57.1. The number of hydrogen-bond donors (Lipinski definition) is 2. The van der Waals surface area contributed by atoms with Crippen LogP contribution in [0.25, 0.3) is 33.4 Å². The van der Waals surface area contributed by atoms with Crippen LogP contribution in [0.3, 0.4) is 0 Å². The number of carbonyl (C=O) groups excluding carboxylic acids is 3. The molecule has 442 valence electrons. The number of benzene rings is 1. The number of pyridine rings is 1. The first-order valence-electron chi connectivity index (χ1n) is 30.6. The Morgan fingerprint density at radius 1 is 0.964 bits per heavy atom. The van der Waals surface area contributed by atoms with Gasteiger partial charge in [0.2, 0.25) is 11.8 Å². The van der Waals surface area contributed by atoms with Crippen molar-refractivity contribution < 1.29 is 42.5 Å². The van der Waals surface area contributed by atoms with Gasteiger partial charge in [0.1, 0.15) is 36.4 Å². The third-order valence-corrected chi connectivity index (χ3v) is 20.0. The summed E-state index contributed by atoms with van der Waals surface area (Å²) >= 11 is 0. The number of anilines is 1. The first-order valence-corrected chi connectivity index (χ1v) is 30.6. The highest BCUT2D eigenvalue weighted by Gasteiger charge is 2.59. The molecule has 0 radical (unpaired) electrons. The van der Waals surface area contributed by atoms with Crippen LogP contribution in [-0.4, -0.2) is 172 Å². The molecule has 1 aromatic carbocycles. The SMILES string of the molecule is CO[C@@H](C)c1ncc(N2CCN(C3CC3)CC2)cc1-c1c2c3cc(ccc3n1CCO[C@H]1CCOC(C)(C)C1)-c1coc(n1)[C@@H](N1CC3(COC3)C1)[C@H](NC(=O)[C@@H]1[C@@H](C)[C@H]1c1ccncn1)C(=O)N1N[C@H](C(=O)OCC(C)(C)C2)C2CC1C2. The smallest absolute Gasteiger partial charge is 0.325 e. The van der Waals surface area contributed by atoms with E-state index in [4.69, 9.17) is 38.1 Å². The molecule has 1 spiro atoms. The number of rotatable bonds is 13. The number of hydrazine groups is 1. The van der Waals surface area contributed by atoms with Crippen LogP contribution < -0.4 is 15.6 Å². The minimum absolute atomic E-state index is 0.0145. The van der Waals surface area contributed by atoms with Crippen molar-refractivity contribution in [3.05, 3.63) is 78.2 Å². The lowest BCUT2D eigenvalue weighted by molar-refractivity contribution is -0.205. The van der Waals surface area contributed by atoms with Gasteiger partial charge in [-0.05, 0) is 101 Å². The minimum Gasteiger partial charge on any atom is -0.464 e. The monoisotopic (exact) mass is 1140 g/mol. The van der Waals surface area contributed by atoms with Crippen molar-refractivity contribution in [1.29, 1.82) is 0 Å². The molecule has 9 fully saturated rings. The highest BCUT2D eigenvalue weighted by molar-refractivity contribution is 5.96. The number of aromatic nitrogens is 5. The number of nitrogens with one attached hydrogen (secondary N) is 2. The second-order valence-corrected chi connectivity index (χ2v) is 27.2. The van der Waals surface area contributed by atoms with Gasteiger partial charge in [-0.2, -0.15) is 0 Å². The van der Waals surface area contributed by atoms with Crippen LogP contribution >= 0.6 is 0 Å². The van der Waals surface area contributed by atoms with Gasteiger partial charge in [-0.1, -0.05) is 26.8 Å². The number of likely N-dealkylation sites (tertiary alicyclic amines) is 1. The number of fused-ring (bicyclic) bond motifs is 4. The van der Waals surface area contributed by atoms with Gasteiger partial charge in [0, 0.05) is 135 Å². The minimum atomic E-state index is -1.14. The van der Waals surface area contributed by atoms with E-state index < -0.39 is 35.4 Å². The summed E-state index contributed by atoms with van der Waals surface area (Å²) in [5.74, 6) is -1.28. The Labute approximate surface area is 485 Å². The Morgan fingerprint density at radius 2 is 1.77 bits per heavy atom. The van der Waals surface area contributed by atoms with Crippen LogP contribution in [0.15, 0.2) is 59.7 Å². The molecule has 5 aromatic rings. The van der Waals surface area contributed by atoms with E-state index in [1.165, 1.54) is 19.2 Å². The predicted octanol–water partition coefficient (Wildman–Crippen LogP) is 6.64. The average Bonchev–Trinajstić information content (AvgIpc) is 4.50. The fourth-order valence-corrected chi connectivity index (χ4v) is 15.0. The molecule has 4 aromatic heterocycles. The summed E-state index contributed by atoms with van der Waals surface area (Å²) in [5, 5.41) is 5.93. The van der Waals surface area contributed by atoms with Crippen LogP contribution in [0.4, 0.5) is 5.69 Å². The number of hydrogen-bond acceptors (Lipinski definition) is 17. The molecule has 2 N–H and O–H groups in total. The van der Waals surface area contributed by atoms with Gasteiger partial charge in [0.25, 0.3) is 5.91 Å². The van der Waals surface area contributed by atoms with E-state index in [2.05, 4.69) is 98.9 Å². The summed E-state index contributed by atoms with van der Waals surface area (Å²) in [4.78, 5) is 71.8. The first kappa shape index (κ1) is 55.0. The number of methoxy groups -OCH3 is 1. The fourth-order valence-electron chi connectivity index (χ4n) is 15.0. The Morgan fingerprint density at radius 3 is 2.49 bits per heavy atom. The van der Waals surface area contributed by atoms with E-state index in [9.17, 15) is 9.59 Å². The Kier molecular flexibility index (Phi) is 14.1. The molecule has 15 rings (SSSR count). The highest BCUT2D eigenvalue weighted by Crippen LogP contribution is 2.54. The maximum Gasteiger partial charge on any atom is 0.325 e. The van der Waals surface area contributed by atoms with E-state index in [1.807, 2.05) is 19.2 Å². The molecule has 20 heteroatoms. The van der Waals surface area contributed by atoms with Crippen molar-refractivity contribution in [2.45, 2.75) is 147 Å². The number of nitrogens with zero attached hydrogens (tertiary/aromatic N) is 9. The Hall–Kier alpha value is -5.87. The highest BCUT2D eigenvalue weighted by atomic mass is 16.5. The number of carbonyl (C=O) groups is 3. The standard InChI is InChI=1S/C63H81N11O9/c1-36-50(47-12-14-64-35-66-47)51(36)57(75)68-54-56(72-30-63(31-72)33-79-34-63)58-67-48(29-81-58)38-8-11-49-44(24-38)46(27-61(3,4)32-82-60(77)53-39-22-41(23-39)74(69-53)59(54)76)55(73(49)19-21-80-43-13-20-83-62(5,6)26-43)45-25-42(28-65-52(45)37(2)78-7)71-17-15-70(16-18-71)40-9-10-40/h8,11-12,14,24-25,28-29,35-37,39-41,43,50-51,53-54,56,69H,9-10,13,15-23,26-27,30-34H2,1-7H3,(H,68,75)/t36-,37-,39?,41?,43-,50-,51+,53-,54-,56-/m0/s1. The average molecular weight is 1140 g/mol. The van der Waals surface area contributed by atoms with Gasteiger partial charge in [-0.3, -0.25) is 34.2 Å². The van der Waals surface area contributed by atoms with E-state index >= 15 is 4.79 Å². The van der Waals surface area contributed by atoms with Crippen LogP contribution in [0.1, 0.15) is 121 Å². The van der Waals surface area contributed by atoms with Gasteiger partial charge in [0.05, 0.1) is 67.5 Å². The normalized spacial score (nSPS) is 30.7. The Balaban J connectivity index is 0.902. The summed E-state index contributed by atoms with van der Waals surface area (Å²) in [6.45, 7) is 20.8. The molecule has 0 unspecified atom stereocenters. The van der Waals surface area contributed by atoms with Crippen LogP contribution in [0, 0.1) is 28.6 Å². The third-order valence-electron chi connectivity index (χ3n) is 20.0. The number of esters is 1. The second-order valence-electron chi connectivity index (χ2n) is 27.2. The van der Waals surface area contributed by atoms with Crippen molar-refractivity contribution in [2.24, 2.45) is 28.6 Å². The molecule has 3 saturated carbocycles. The zero-order valence-electron chi connectivity index (χ0n) is 49.2. The molecule has 3 aliphatic carbocycles. The molecular weight excluding hydrogens is 1050 g/mol. The maximum atomic E-state index is 15.7. The van der Waals surface area contributed by atoms with Gasteiger partial charge in [-0.15, -0.1) is 0 Å². The molecule has 11 heterocycles. The van der Waals surface area contributed by atoms with E-state index in [0.29, 0.717) is 83.0 Å². The fraction of sp³-hybridized carbons (Fsp3) is 0.635. The van der Waals surface area contributed by atoms with E-state index in [0.717, 1.165) is 89.4 Å². The van der Waals surface area contributed by atoms with Crippen molar-refractivity contribution in [1.82, 2.24) is 50.1 Å². The summed E-state index contributed by atoms with van der Waals surface area (Å²) in [5.41, 5.74) is 10.7. The molecule has 8 bridgehead atoms. The second kappa shape index (κ2) is 21.3. The van der Waals surface area contributed by atoms with Crippen LogP contribution in [0.2, 0.25) is 0 Å². The lowest BCUT2D eigenvalue weighted by Crippen LogP contribution is -2.73. The summed E-state index contributed by atoms with van der Waals surface area (Å²) in [6.07, 6.45) is 12.6. The number of oxazole rings is 1. The Bertz CT molecular complexity index is 3260. The van der Waals surface area contributed by atoms with Gasteiger partial charge >= 0.3 is 5.97 Å². The third kappa shape index (κ3) is 10.3. The van der Waals surface area contributed by atoms with Crippen molar-refractivity contribution in [3.63, 3.8) is 0 Å². The van der Waals surface area contributed by atoms with E-state index in [-0.39, 0.29) is 65.4 Å². The molecular formula is C63H81N11O9. The number of amides is 2. The van der Waals surface area contributed by atoms with Gasteiger partial charge < -0.3 is 42.9 Å². The van der Waals surface area contributed by atoms with Crippen molar-refractivity contribution in [3.8, 4) is 22.5 Å². The van der Waals surface area contributed by atoms with Crippen molar-refractivity contribution in [2.75, 3.05) is 84.3 Å². The molecule has 20 nitrogen and oxygen atoms in total. The molecule has 83 heavy (non-hydrogen) atoms. The van der Waals surface area contributed by atoms with Crippen LogP contribution in [-0.2, 0) is 51.0 Å². The number of piperazine rings is 1. The van der Waals surface area contributed by atoms with Gasteiger partial charge in [-0.25, -0.2) is 20.4 Å². The summed E-state index contributed by atoms with van der Waals surface area (Å²) in [7, 11) is 1.74. The number of ether oxygens (including phenoxy) is 5. The van der Waals surface area contributed by atoms with Crippen molar-refractivity contribution >= 4 is 34.4 Å². The van der Waals surface area contributed by atoms with Crippen LogP contribution in [0.5, 0.6) is 0 Å². The predicted molar refractivity (Wildman–Crippen MR) is 308 cm³/mol. The van der Waals surface area contributed by atoms with Gasteiger partial charge in [0.15, 0.2) is 0 Å². The lowest BCUT2D eigenvalue weighted by atomic mass is 9.72. The molecule has 2 amide bonds.